The Morgan fingerprint density at radius 2 is 2.04 bits per heavy atom. The first-order chi connectivity index (χ1) is 12.6. The molecule has 130 valence electrons. The number of aryl methyl sites for hydroxylation is 1. The fourth-order valence-electron chi connectivity index (χ4n) is 2.80. The van der Waals surface area contributed by atoms with E-state index < -0.39 is 0 Å². The number of nitrogens with one attached hydrogen (secondary N) is 2. The maximum atomic E-state index is 12.3. The van der Waals surface area contributed by atoms with Crippen molar-refractivity contribution >= 4 is 34.2 Å². The van der Waals surface area contributed by atoms with Crippen molar-refractivity contribution in [2.45, 2.75) is 19.8 Å². The van der Waals surface area contributed by atoms with Crippen molar-refractivity contribution in [3.8, 4) is 5.69 Å². The first kappa shape index (κ1) is 15.9. The summed E-state index contributed by atoms with van der Waals surface area (Å²) in [4.78, 5) is 27.9. The Morgan fingerprint density at radius 3 is 2.77 bits per heavy atom. The quantitative estimate of drug-likeness (QED) is 0.755. The zero-order valence-corrected chi connectivity index (χ0v) is 14.1. The van der Waals surface area contributed by atoms with Crippen molar-refractivity contribution < 1.29 is 9.59 Å². The maximum Gasteiger partial charge on any atom is 0.271 e. The number of hydrogen-bond donors (Lipinski definition) is 2. The number of para-hydroxylation sites is 1. The lowest BCUT2D eigenvalue weighted by atomic mass is 10.1. The van der Waals surface area contributed by atoms with Gasteiger partial charge >= 0.3 is 0 Å². The fourth-order valence-corrected chi connectivity index (χ4v) is 2.80. The van der Waals surface area contributed by atoms with Gasteiger partial charge in [0, 0.05) is 18.2 Å². The number of anilines is 1. The van der Waals surface area contributed by atoms with Gasteiger partial charge in [0.05, 0.1) is 23.3 Å². The number of hydrazone groups is 1. The zero-order chi connectivity index (χ0) is 18.1. The minimum Gasteiger partial charge on any atom is -0.319 e. The van der Waals surface area contributed by atoms with Gasteiger partial charge in [-0.05, 0) is 25.1 Å². The monoisotopic (exact) mass is 348 g/mol. The summed E-state index contributed by atoms with van der Waals surface area (Å²) in [5.41, 5.74) is 5.61. The number of amides is 2. The van der Waals surface area contributed by atoms with Gasteiger partial charge in [0.1, 0.15) is 5.71 Å². The molecule has 8 nitrogen and oxygen atoms in total. The van der Waals surface area contributed by atoms with Crippen molar-refractivity contribution in [2.24, 2.45) is 5.10 Å². The van der Waals surface area contributed by atoms with Gasteiger partial charge in [0.25, 0.3) is 5.91 Å². The zero-order valence-electron chi connectivity index (χ0n) is 14.1. The molecule has 0 radical (unpaired) electrons. The molecule has 2 N–H and O–H groups in total. The highest BCUT2D eigenvalue weighted by molar-refractivity contribution is 6.43. The minimum atomic E-state index is -0.348. The van der Waals surface area contributed by atoms with E-state index in [0.29, 0.717) is 23.5 Å². The summed E-state index contributed by atoms with van der Waals surface area (Å²) >= 11 is 0. The lowest BCUT2D eigenvalue weighted by molar-refractivity contribution is -0.121. The SMILES string of the molecule is Cc1nn(-c2ccccc2)c2ncc(NC(=O)C3=NNC(=O)CC3)cc12. The van der Waals surface area contributed by atoms with Crippen LogP contribution >= 0.6 is 0 Å². The third kappa shape index (κ3) is 2.92. The van der Waals surface area contributed by atoms with Crippen LogP contribution in [0.15, 0.2) is 47.7 Å². The lowest BCUT2D eigenvalue weighted by Gasteiger charge is -2.12. The molecular weight excluding hydrogens is 332 g/mol. The van der Waals surface area contributed by atoms with E-state index >= 15 is 0 Å². The number of fused-ring (bicyclic) bond motifs is 1. The summed E-state index contributed by atoms with van der Waals surface area (Å²) in [5, 5.41) is 12.0. The number of carbonyl (C=O) groups excluding carboxylic acids is 2. The highest BCUT2D eigenvalue weighted by atomic mass is 16.2. The van der Waals surface area contributed by atoms with Crippen LogP contribution in [0.2, 0.25) is 0 Å². The molecule has 3 aromatic rings. The van der Waals surface area contributed by atoms with Crippen LogP contribution in [0.3, 0.4) is 0 Å². The van der Waals surface area contributed by atoms with E-state index in [1.54, 1.807) is 10.9 Å². The Bertz CT molecular complexity index is 1040. The molecule has 0 saturated heterocycles. The third-order valence-electron chi connectivity index (χ3n) is 4.13. The van der Waals surface area contributed by atoms with Crippen LogP contribution in [0.4, 0.5) is 5.69 Å². The van der Waals surface area contributed by atoms with E-state index in [9.17, 15) is 9.59 Å². The van der Waals surface area contributed by atoms with Gasteiger partial charge in [-0.25, -0.2) is 15.1 Å². The number of rotatable bonds is 3. The molecule has 0 bridgehead atoms. The van der Waals surface area contributed by atoms with Crippen molar-refractivity contribution in [1.82, 2.24) is 20.2 Å². The molecule has 8 heteroatoms. The standard InChI is InChI=1S/C18H16N6O2/c1-11-14-9-12(20-18(26)15-7-8-16(25)22-21-15)10-19-17(14)24(23-11)13-5-3-2-4-6-13/h2-6,9-10H,7-8H2,1H3,(H,20,26)(H,22,25). The number of benzene rings is 1. The van der Waals surface area contributed by atoms with Gasteiger partial charge in [-0.2, -0.15) is 10.2 Å². The Hall–Kier alpha value is -3.55. The van der Waals surface area contributed by atoms with Gasteiger partial charge in [0.15, 0.2) is 5.65 Å². The molecule has 1 aliphatic rings. The smallest absolute Gasteiger partial charge is 0.271 e. The Labute approximate surface area is 148 Å². The molecule has 1 aliphatic heterocycles. The first-order valence-corrected chi connectivity index (χ1v) is 8.19. The van der Waals surface area contributed by atoms with Gasteiger partial charge < -0.3 is 5.32 Å². The van der Waals surface area contributed by atoms with E-state index in [1.165, 1.54) is 0 Å². The van der Waals surface area contributed by atoms with E-state index in [-0.39, 0.29) is 18.2 Å². The fraction of sp³-hybridized carbons (Fsp3) is 0.167. The predicted octanol–water partition coefficient (Wildman–Crippen LogP) is 1.93. The molecular formula is C18H16N6O2. The molecule has 1 aromatic carbocycles. The predicted molar refractivity (Wildman–Crippen MR) is 97.0 cm³/mol. The summed E-state index contributed by atoms with van der Waals surface area (Å²) in [6.45, 7) is 1.90. The molecule has 0 saturated carbocycles. The minimum absolute atomic E-state index is 0.186. The Morgan fingerprint density at radius 1 is 1.23 bits per heavy atom. The summed E-state index contributed by atoms with van der Waals surface area (Å²) in [6.07, 6.45) is 2.16. The van der Waals surface area contributed by atoms with Crippen molar-refractivity contribution in [3.63, 3.8) is 0 Å². The van der Waals surface area contributed by atoms with Crippen molar-refractivity contribution in [3.05, 3.63) is 48.3 Å². The Kier molecular flexibility index (Phi) is 3.92. The summed E-state index contributed by atoms with van der Waals surface area (Å²) in [6, 6.07) is 11.6. The van der Waals surface area contributed by atoms with Gasteiger partial charge in [-0.3, -0.25) is 9.59 Å². The van der Waals surface area contributed by atoms with Crippen molar-refractivity contribution in [1.29, 1.82) is 0 Å². The molecule has 0 aliphatic carbocycles. The topological polar surface area (TPSA) is 101 Å². The number of pyridine rings is 1. The number of nitrogens with zero attached hydrogens (tertiary/aromatic N) is 4. The van der Waals surface area contributed by atoms with E-state index in [0.717, 1.165) is 16.8 Å². The van der Waals surface area contributed by atoms with Gasteiger partial charge in [-0.15, -0.1) is 0 Å². The molecule has 26 heavy (non-hydrogen) atoms. The first-order valence-electron chi connectivity index (χ1n) is 8.19. The second-order valence-corrected chi connectivity index (χ2v) is 5.98. The van der Waals surface area contributed by atoms with Crippen molar-refractivity contribution in [2.75, 3.05) is 5.32 Å². The second-order valence-electron chi connectivity index (χ2n) is 5.98. The number of carbonyl (C=O) groups is 2. The summed E-state index contributed by atoms with van der Waals surface area (Å²) in [7, 11) is 0. The van der Waals surface area contributed by atoms with Crippen LogP contribution in [-0.4, -0.2) is 32.3 Å². The van der Waals surface area contributed by atoms with E-state index in [4.69, 9.17) is 0 Å². The van der Waals surface area contributed by atoms with E-state index in [2.05, 4.69) is 25.9 Å². The largest absolute Gasteiger partial charge is 0.319 e. The van der Waals surface area contributed by atoms with Crippen LogP contribution in [0, 0.1) is 6.92 Å². The third-order valence-corrected chi connectivity index (χ3v) is 4.13. The van der Waals surface area contributed by atoms with Gasteiger partial charge in [0.2, 0.25) is 5.91 Å². The summed E-state index contributed by atoms with van der Waals surface area (Å²) in [5.74, 6) is -0.534. The molecule has 0 unspecified atom stereocenters. The highest BCUT2D eigenvalue weighted by Crippen LogP contribution is 2.23. The van der Waals surface area contributed by atoms with E-state index in [1.807, 2.05) is 43.3 Å². The Balaban J connectivity index is 1.63. The molecule has 0 atom stereocenters. The molecule has 4 rings (SSSR count). The van der Waals surface area contributed by atoms with Crippen LogP contribution in [0.1, 0.15) is 18.5 Å². The summed E-state index contributed by atoms with van der Waals surface area (Å²) < 4.78 is 1.77. The average molecular weight is 348 g/mol. The molecule has 0 spiro atoms. The van der Waals surface area contributed by atoms with Crippen LogP contribution in [0.25, 0.3) is 16.7 Å². The number of aromatic nitrogens is 3. The van der Waals surface area contributed by atoms with Gasteiger partial charge in [-0.1, -0.05) is 18.2 Å². The second kappa shape index (κ2) is 6.40. The average Bonchev–Trinajstić information content (AvgIpc) is 2.99. The van der Waals surface area contributed by atoms with Crippen LogP contribution < -0.4 is 10.7 Å². The highest BCUT2D eigenvalue weighted by Gasteiger charge is 2.19. The van der Waals surface area contributed by atoms with Crippen LogP contribution in [0.5, 0.6) is 0 Å². The molecule has 2 aromatic heterocycles. The number of hydrogen-bond acceptors (Lipinski definition) is 5. The molecule has 2 amide bonds. The maximum absolute atomic E-state index is 12.3. The molecule has 3 heterocycles. The lowest BCUT2D eigenvalue weighted by Crippen LogP contribution is -2.32. The molecule has 0 fully saturated rings. The normalized spacial score (nSPS) is 14.0. The van der Waals surface area contributed by atoms with Crippen LogP contribution in [-0.2, 0) is 9.59 Å².